The van der Waals surface area contributed by atoms with Crippen molar-refractivity contribution >= 4 is 17.6 Å². The average molecular weight is 429 g/mol. The lowest BCUT2D eigenvalue weighted by atomic mass is 10.0. The molecule has 8 nitrogen and oxygen atoms in total. The predicted octanol–water partition coefficient (Wildman–Crippen LogP) is 1.36. The number of carbonyl (C=O) groups excluding carboxylic acids is 2. The van der Waals surface area contributed by atoms with Gasteiger partial charge in [0.15, 0.2) is 17.1 Å². The van der Waals surface area contributed by atoms with E-state index in [0.717, 1.165) is 12.3 Å². The Labute approximate surface area is 172 Å². The topological polar surface area (TPSA) is 98.7 Å². The third-order valence-electron chi connectivity index (χ3n) is 5.48. The van der Waals surface area contributed by atoms with Crippen LogP contribution in [0, 0.1) is 5.92 Å². The molecule has 1 atom stereocenters. The fourth-order valence-corrected chi connectivity index (χ4v) is 3.19. The van der Waals surface area contributed by atoms with E-state index in [4.69, 9.17) is 0 Å². The Morgan fingerprint density at radius 2 is 1.83 bits per heavy atom. The van der Waals surface area contributed by atoms with E-state index in [1.807, 2.05) is 4.90 Å². The Morgan fingerprint density at radius 1 is 1.17 bits per heavy atom. The molecule has 1 aromatic rings. The molecular weight excluding hydrogens is 403 g/mol. The molecule has 3 rings (SSSR count). The average Bonchev–Trinajstić information content (AvgIpc) is 3.51. The van der Waals surface area contributed by atoms with Gasteiger partial charge in [-0.05, 0) is 31.4 Å². The van der Waals surface area contributed by atoms with Gasteiger partial charge in [0.05, 0.1) is 6.42 Å². The number of piperazine rings is 1. The highest BCUT2D eigenvalue weighted by molar-refractivity contribution is 5.92. The largest absolute Gasteiger partial charge is 0.417 e. The molecule has 2 fully saturated rings. The number of anilines is 1. The zero-order chi connectivity index (χ0) is 21.9. The van der Waals surface area contributed by atoms with Gasteiger partial charge >= 0.3 is 6.18 Å². The molecule has 1 aliphatic carbocycles. The summed E-state index contributed by atoms with van der Waals surface area (Å²) in [6.07, 6.45) is -2.46. The van der Waals surface area contributed by atoms with Gasteiger partial charge in [0.2, 0.25) is 5.91 Å². The van der Waals surface area contributed by atoms with Crippen LogP contribution >= 0.6 is 0 Å². The molecule has 1 aromatic heterocycles. The van der Waals surface area contributed by atoms with Crippen molar-refractivity contribution in [1.82, 2.24) is 20.4 Å². The summed E-state index contributed by atoms with van der Waals surface area (Å²) < 4.78 is 38.3. The molecule has 1 unspecified atom stereocenters. The standard InChI is InChI=1S/C19H26F3N5O3/c1-18(30,19(20,21)22)12-16(28)27-10-8-26(9-11-27)15-5-4-14(24-25-15)17(29)23-7-6-13-2-3-13/h4-5,13,30H,2-3,6-12H2,1H3,(H,23,29). The highest BCUT2D eigenvalue weighted by Crippen LogP contribution is 2.33. The number of nitrogens with one attached hydrogen (secondary N) is 1. The van der Waals surface area contributed by atoms with Gasteiger partial charge in [-0.25, -0.2) is 0 Å². The zero-order valence-electron chi connectivity index (χ0n) is 16.8. The second kappa shape index (κ2) is 8.75. The van der Waals surface area contributed by atoms with Crippen LogP contribution in [0.2, 0.25) is 0 Å². The number of alkyl halides is 3. The zero-order valence-corrected chi connectivity index (χ0v) is 16.8. The number of aliphatic hydroxyl groups is 1. The Morgan fingerprint density at radius 3 is 2.37 bits per heavy atom. The first-order valence-corrected chi connectivity index (χ1v) is 10.0. The monoisotopic (exact) mass is 429 g/mol. The van der Waals surface area contributed by atoms with Crippen molar-refractivity contribution in [2.75, 3.05) is 37.6 Å². The van der Waals surface area contributed by atoms with Crippen LogP contribution in [0.5, 0.6) is 0 Å². The van der Waals surface area contributed by atoms with E-state index in [1.54, 1.807) is 12.1 Å². The molecule has 11 heteroatoms. The van der Waals surface area contributed by atoms with Gasteiger partial charge in [0.1, 0.15) is 0 Å². The fraction of sp³-hybridized carbons (Fsp3) is 0.684. The van der Waals surface area contributed by atoms with Crippen molar-refractivity contribution < 1.29 is 27.9 Å². The highest BCUT2D eigenvalue weighted by Gasteiger charge is 2.51. The summed E-state index contributed by atoms with van der Waals surface area (Å²) in [4.78, 5) is 27.3. The van der Waals surface area contributed by atoms with Gasteiger partial charge in [-0.3, -0.25) is 9.59 Å². The van der Waals surface area contributed by atoms with Crippen LogP contribution in [-0.4, -0.2) is 76.5 Å². The van der Waals surface area contributed by atoms with Gasteiger partial charge in [-0.2, -0.15) is 13.2 Å². The summed E-state index contributed by atoms with van der Waals surface area (Å²) in [5.41, 5.74) is -2.83. The van der Waals surface area contributed by atoms with Crippen molar-refractivity contribution in [2.24, 2.45) is 5.92 Å². The van der Waals surface area contributed by atoms with Crippen LogP contribution < -0.4 is 10.2 Å². The lowest BCUT2D eigenvalue weighted by molar-refractivity contribution is -0.254. The van der Waals surface area contributed by atoms with E-state index < -0.39 is 24.1 Å². The molecule has 166 valence electrons. The number of amides is 2. The maximum Gasteiger partial charge on any atom is 0.417 e. The van der Waals surface area contributed by atoms with Gasteiger partial charge in [0, 0.05) is 32.7 Å². The molecule has 2 amide bonds. The molecule has 2 heterocycles. The van der Waals surface area contributed by atoms with E-state index in [2.05, 4.69) is 15.5 Å². The molecule has 1 saturated heterocycles. The number of hydrogen-bond donors (Lipinski definition) is 2. The predicted molar refractivity (Wildman–Crippen MR) is 102 cm³/mol. The van der Waals surface area contributed by atoms with Gasteiger partial charge in [-0.1, -0.05) is 12.8 Å². The Hall–Kier alpha value is -2.43. The first-order valence-electron chi connectivity index (χ1n) is 10.0. The molecule has 1 saturated carbocycles. The normalized spacial score (nSPS) is 19.4. The Balaban J connectivity index is 1.47. The minimum atomic E-state index is -4.87. The first kappa shape index (κ1) is 22.3. The number of rotatable bonds is 7. The van der Waals surface area contributed by atoms with Gasteiger partial charge in [-0.15, -0.1) is 10.2 Å². The summed E-state index contributed by atoms with van der Waals surface area (Å²) in [5, 5.41) is 20.3. The number of hydrogen-bond acceptors (Lipinski definition) is 6. The van der Waals surface area contributed by atoms with Crippen molar-refractivity contribution in [3.05, 3.63) is 17.8 Å². The molecular formula is C19H26F3N5O3. The van der Waals surface area contributed by atoms with Crippen LogP contribution in [0.15, 0.2) is 12.1 Å². The van der Waals surface area contributed by atoms with E-state index in [-0.39, 0.29) is 24.7 Å². The first-order chi connectivity index (χ1) is 14.1. The van der Waals surface area contributed by atoms with Crippen LogP contribution in [0.4, 0.5) is 19.0 Å². The molecule has 2 aliphatic rings. The summed E-state index contributed by atoms with van der Waals surface area (Å²) in [7, 11) is 0. The van der Waals surface area contributed by atoms with Crippen LogP contribution in [-0.2, 0) is 4.79 Å². The molecule has 30 heavy (non-hydrogen) atoms. The maximum absolute atomic E-state index is 12.8. The van der Waals surface area contributed by atoms with E-state index >= 15 is 0 Å². The minimum Gasteiger partial charge on any atom is -0.380 e. The number of nitrogens with zero attached hydrogens (tertiary/aromatic N) is 4. The van der Waals surface area contributed by atoms with Crippen molar-refractivity contribution in [3.8, 4) is 0 Å². The molecule has 1 aliphatic heterocycles. The molecule has 0 aromatic carbocycles. The maximum atomic E-state index is 12.8. The highest BCUT2D eigenvalue weighted by atomic mass is 19.4. The summed E-state index contributed by atoms with van der Waals surface area (Å²) >= 11 is 0. The van der Waals surface area contributed by atoms with Crippen molar-refractivity contribution in [3.63, 3.8) is 0 Å². The lowest BCUT2D eigenvalue weighted by Gasteiger charge is -2.36. The third-order valence-corrected chi connectivity index (χ3v) is 5.48. The van der Waals surface area contributed by atoms with E-state index in [9.17, 15) is 27.9 Å². The van der Waals surface area contributed by atoms with Gasteiger partial charge < -0.3 is 20.2 Å². The number of aromatic nitrogens is 2. The van der Waals surface area contributed by atoms with Crippen LogP contribution in [0.1, 0.15) is 43.1 Å². The van der Waals surface area contributed by atoms with Gasteiger partial charge in [0.25, 0.3) is 5.91 Å². The summed E-state index contributed by atoms with van der Waals surface area (Å²) in [5.74, 6) is 0.228. The second-order valence-electron chi connectivity index (χ2n) is 8.08. The molecule has 0 spiro atoms. The van der Waals surface area contributed by atoms with E-state index in [0.29, 0.717) is 32.4 Å². The molecule has 2 N–H and O–H groups in total. The second-order valence-corrected chi connectivity index (χ2v) is 8.08. The third kappa shape index (κ3) is 5.59. The minimum absolute atomic E-state index is 0.206. The van der Waals surface area contributed by atoms with Crippen molar-refractivity contribution in [1.29, 1.82) is 0 Å². The quantitative estimate of drug-likeness (QED) is 0.679. The molecule has 0 bridgehead atoms. The Kier molecular flexibility index (Phi) is 6.49. The summed E-state index contributed by atoms with van der Waals surface area (Å²) in [6.45, 7) is 2.35. The van der Waals surface area contributed by atoms with Crippen LogP contribution in [0.3, 0.4) is 0 Å². The SMILES string of the molecule is CC(O)(CC(=O)N1CCN(c2ccc(C(=O)NCCC3CC3)nn2)CC1)C(F)(F)F. The van der Waals surface area contributed by atoms with E-state index in [1.165, 1.54) is 17.7 Å². The summed E-state index contributed by atoms with van der Waals surface area (Å²) in [6, 6.07) is 3.24. The number of carbonyl (C=O) groups is 2. The molecule has 0 radical (unpaired) electrons. The lowest BCUT2D eigenvalue weighted by Crippen LogP contribution is -2.52. The smallest absolute Gasteiger partial charge is 0.380 e. The van der Waals surface area contributed by atoms with Crippen molar-refractivity contribution in [2.45, 2.75) is 44.4 Å². The number of halogens is 3. The fourth-order valence-electron chi connectivity index (χ4n) is 3.19. The van der Waals surface area contributed by atoms with Crippen LogP contribution in [0.25, 0.3) is 0 Å². The Bertz CT molecular complexity index is 758.